The number of hydrogen-bond acceptors (Lipinski definition) is 3. The number of nitrogens with one attached hydrogen (secondary N) is 2. The summed E-state index contributed by atoms with van der Waals surface area (Å²) in [6, 6.07) is 16.5. The lowest BCUT2D eigenvalue weighted by Crippen LogP contribution is -2.46. The molecule has 3 rings (SSSR count). The van der Waals surface area contributed by atoms with E-state index in [1.165, 1.54) is 16.7 Å². The van der Waals surface area contributed by atoms with E-state index in [-0.39, 0.29) is 36.4 Å². The molecule has 2 aromatic rings. The molecule has 1 unspecified atom stereocenters. The fraction of sp³-hybridized carbons (Fsp3) is 0.417. The smallest absolute Gasteiger partial charge is 0.242 e. The van der Waals surface area contributed by atoms with Gasteiger partial charge >= 0.3 is 0 Å². The maximum absolute atomic E-state index is 12.6. The first kappa shape index (κ1) is 25.0. The molecular weight excluding hydrogens is 503 g/mol. The van der Waals surface area contributed by atoms with Gasteiger partial charge in [-0.25, -0.2) is 0 Å². The summed E-state index contributed by atoms with van der Waals surface area (Å²) >= 11 is 0. The van der Waals surface area contributed by atoms with Crippen LogP contribution >= 0.6 is 24.0 Å². The van der Waals surface area contributed by atoms with E-state index in [4.69, 9.17) is 4.74 Å². The van der Waals surface area contributed by atoms with E-state index in [0.717, 1.165) is 31.7 Å². The zero-order valence-corrected chi connectivity index (χ0v) is 20.9. The van der Waals surface area contributed by atoms with Crippen molar-refractivity contribution < 1.29 is 9.53 Å². The topological polar surface area (TPSA) is 66.0 Å². The number of rotatable bonds is 7. The van der Waals surface area contributed by atoms with Crippen LogP contribution in [-0.4, -0.2) is 50.6 Å². The number of methoxy groups -OCH3 is 1. The molecule has 168 valence electrons. The van der Waals surface area contributed by atoms with Crippen molar-refractivity contribution in [2.45, 2.75) is 32.2 Å². The molecule has 1 atom stereocenters. The normalized spacial score (nSPS) is 14.2. The van der Waals surface area contributed by atoms with E-state index >= 15 is 0 Å². The van der Waals surface area contributed by atoms with Gasteiger partial charge in [0.15, 0.2) is 5.96 Å². The zero-order valence-electron chi connectivity index (χ0n) is 18.6. The van der Waals surface area contributed by atoms with Crippen LogP contribution in [0.2, 0.25) is 0 Å². The van der Waals surface area contributed by atoms with E-state index in [0.29, 0.717) is 18.4 Å². The molecule has 0 fully saturated rings. The molecule has 1 heterocycles. The largest absolute Gasteiger partial charge is 0.497 e. The zero-order chi connectivity index (χ0) is 21.3. The van der Waals surface area contributed by atoms with Gasteiger partial charge in [0.1, 0.15) is 5.75 Å². The second kappa shape index (κ2) is 12.5. The van der Waals surface area contributed by atoms with Crippen LogP contribution in [0.4, 0.5) is 0 Å². The third-order valence-corrected chi connectivity index (χ3v) is 5.67. The lowest BCUT2D eigenvalue weighted by Gasteiger charge is -2.29. The van der Waals surface area contributed by atoms with Crippen molar-refractivity contribution in [1.82, 2.24) is 15.5 Å². The van der Waals surface area contributed by atoms with Crippen LogP contribution in [-0.2, 0) is 17.8 Å². The van der Waals surface area contributed by atoms with Gasteiger partial charge in [-0.1, -0.05) is 43.3 Å². The summed E-state index contributed by atoms with van der Waals surface area (Å²) in [6.45, 7) is 4.68. The highest BCUT2D eigenvalue weighted by Gasteiger charge is 2.20. The number of hydrogen-bond donors (Lipinski definition) is 2. The molecule has 0 aliphatic carbocycles. The highest BCUT2D eigenvalue weighted by Crippen LogP contribution is 2.21. The van der Waals surface area contributed by atoms with E-state index in [1.54, 1.807) is 14.2 Å². The summed E-state index contributed by atoms with van der Waals surface area (Å²) in [5.74, 6) is 2.04. The van der Waals surface area contributed by atoms with Crippen LogP contribution in [0.1, 0.15) is 36.0 Å². The van der Waals surface area contributed by atoms with Gasteiger partial charge in [-0.15, -0.1) is 24.0 Å². The van der Waals surface area contributed by atoms with Crippen LogP contribution in [0.15, 0.2) is 53.5 Å². The first-order chi connectivity index (χ1) is 14.6. The molecule has 1 amide bonds. The van der Waals surface area contributed by atoms with Crippen molar-refractivity contribution in [2.24, 2.45) is 4.99 Å². The van der Waals surface area contributed by atoms with Crippen molar-refractivity contribution in [3.8, 4) is 5.75 Å². The van der Waals surface area contributed by atoms with Crippen molar-refractivity contribution in [3.05, 3.63) is 65.2 Å². The molecular formula is C24H33IN4O2. The third-order valence-electron chi connectivity index (χ3n) is 5.67. The second-order valence-corrected chi connectivity index (χ2v) is 7.65. The molecule has 2 N–H and O–H groups in total. The standard InChI is InChI=1S/C24H32N4O2.HI/c1-18(19-8-10-22(30-3)11-9-19)12-14-26-24(25-2)27-16-23(29)28-15-13-20-6-4-5-7-21(20)17-28;/h4-11,18H,12-17H2,1-3H3,(H2,25,26,27);1H. The third kappa shape index (κ3) is 7.12. The molecule has 0 spiro atoms. The summed E-state index contributed by atoms with van der Waals surface area (Å²) in [7, 11) is 3.40. The van der Waals surface area contributed by atoms with Crippen molar-refractivity contribution >= 4 is 35.8 Å². The molecule has 0 saturated carbocycles. The molecule has 6 nitrogen and oxygen atoms in total. The Bertz CT molecular complexity index is 870. The average molecular weight is 536 g/mol. The minimum absolute atomic E-state index is 0. The quantitative estimate of drug-likeness (QED) is 0.323. The number of halogens is 1. The van der Waals surface area contributed by atoms with Crippen LogP contribution in [0.25, 0.3) is 0 Å². The average Bonchev–Trinajstić information content (AvgIpc) is 2.80. The van der Waals surface area contributed by atoms with Gasteiger partial charge in [-0.05, 0) is 47.6 Å². The number of amides is 1. The number of ether oxygens (including phenoxy) is 1. The molecule has 1 aliphatic heterocycles. The van der Waals surface area contributed by atoms with Gasteiger partial charge in [-0.3, -0.25) is 9.79 Å². The molecule has 2 aromatic carbocycles. The summed E-state index contributed by atoms with van der Waals surface area (Å²) in [5, 5.41) is 6.46. The Labute approximate surface area is 202 Å². The lowest BCUT2D eigenvalue weighted by molar-refractivity contribution is -0.130. The number of benzene rings is 2. The van der Waals surface area contributed by atoms with E-state index in [2.05, 4.69) is 52.9 Å². The Kier molecular flexibility index (Phi) is 10.1. The second-order valence-electron chi connectivity index (χ2n) is 7.65. The number of fused-ring (bicyclic) bond motifs is 1. The van der Waals surface area contributed by atoms with Crippen LogP contribution in [0.3, 0.4) is 0 Å². The molecule has 0 saturated heterocycles. The number of carbonyl (C=O) groups excluding carboxylic acids is 1. The van der Waals surface area contributed by atoms with Crippen molar-refractivity contribution in [2.75, 3.05) is 33.8 Å². The maximum Gasteiger partial charge on any atom is 0.242 e. The molecule has 7 heteroatoms. The fourth-order valence-corrected chi connectivity index (χ4v) is 3.71. The number of guanidine groups is 1. The number of carbonyl (C=O) groups is 1. The summed E-state index contributed by atoms with van der Waals surface area (Å²) < 4.78 is 5.22. The van der Waals surface area contributed by atoms with Gasteiger partial charge in [0.25, 0.3) is 0 Å². The predicted octanol–water partition coefficient (Wildman–Crippen LogP) is 3.56. The minimum Gasteiger partial charge on any atom is -0.497 e. The van der Waals surface area contributed by atoms with Gasteiger partial charge in [0.2, 0.25) is 5.91 Å². The summed E-state index contributed by atoms with van der Waals surface area (Å²) in [5.41, 5.74) is 3.87. The Morgan fingerprint density at radius 3 is 2.52 bits per heavy atom. The maximum atomic E-state index is 12.6. The number of aliphatic imine (C=N–C) groups is 1. The van der Waals surface area contributed by atoms with Crippen molar-refractivity contribution in [3.63, 3.8) is 0 Å². The van der Waals surface area contributed by atoms with E-state index in [9.17, 15) is 4.79 Å². The summed E-state index contributed by atoms with van der Waals surface area (Å²) in [4.78, 5) is 18.8. The SMILES string of the molecule is CN=C(NCCC(C)c1ccc(OC)cc1)NCC(=O)N1CCc2ccccc2C1.I. The fourth-order valence-electron chi connectivity index (χ4n) is 3.71. The monoisotopic (exact) mass is 536 g/mol. The van der Waals surface area contributed by atoms with Gasteiger partial charge in [-0.2, -0.15) is 0 Å². The Hall–Kier alpha value is -2.29. The lowest BCUT2D eigenvalue weighted by atomic mass is 9.98. The Morgan fingerprint density at radius 1 is 1.13 bits per heavy atom. The minimum atomic E-state index is 0. The van der Waals surface area contributed by atoms with Gasteiger partial charge in [0, 0.05) is 26.7 Å². The Morgan fingerprint density at radius 2 is 1.84 bits per heavy atom. The van der Waals surface area contributed by atoms with E-state index in [1.807, 2.05) is 23.1 Å². The van der Waals surface area contributed by atoms with Crippen LogP contribution in [0.5, 0.6) is 5.75 Å². The van der Waals surface area contributed by atoms with Crippen LogP contribution in [0, 0.1) is 0 Å². The van der Waals surface area contributed by atoms with Crippen molar-refractivity contribution in [1.29, 1.82) is 0 Å². The number of nitrogens with zero attached hydrogens (tertiary/aromatic N) is 2. The predicted molar refractivity (Wildman–Crippen MR) is 136 cm³/mol. The first-order valence-electron chi connectivity index (χ1n) is 10.5. The highest BCUT2D eigenvalue weighted by molar-refractivity contribution is 14.0. The Balaban J connectivity index is 0.00000341. The molecule has 0 bridgehead atoms. The van der Waals surface area contributed by atoms with Gasteiger partial charge in [0.05, 0.1) is 13.7 Å². The summed E-state index contributed by atoms with van der Waals surface area (Å²) in [6.07, 6.45) is 1.88. The molecule has 1 aliphatic rings. The van der Waals surface area contributed by atoms with E-state index < -0.39 is 0 Å². The molecule has 31 heavy (non-hydrogen) atoms. The van der Waals surface area contributed by atoms with Crippen LogP contribution < -0.4 is 15.4 Å². The molecule has 0 aromatic heterocycles. The first-order valence-corrected chi connectivity index (χ1v) is 10.5. The van der Waals surface area contributed by atoms with Gasteiger partial charge < -0.3 is 20.3 Å². The highest BCUT2D eigenvalue weighted by atomic mass is 127. The molecule has 0 radical (unpaired) electrons.